The second-order valence-corrected chi connectivity index (χ2v) is 2.48. The first-order valence-corrected chi connectivity index (χ1v) is 3.71. The van der Waals surface area contributed by atoms with Gasteiger partial charge in [-0.2, -0.15) is 0 Å². The highest BCUT2D eigenvalue weighted by molar-refractivity contribution is 5.79. The van der Waals surface area contributed by atoms with Crippen molar-refractivity contribution in [3.8, 4) is 0 Å². The lowest BCUT2D eigenvalue weighted by atomic mass is 10.2. The quantitative estimate of drug-likeness (QED) is 0.508. The summed E-state index contributed by atoms with van der Waals surface area (Å²) in [6, 6.07) is 0. The molecule has 0 aliphatic heterocycles. The number of hydrogen-bond donors (Lipinski definition) is 3. The Morgan fingerprint density at radius 3 is 2.45 bits per heavy atom. The van der Waals surface area contributed by atoms with Crippen LogP contribution in [0.1, 0.15) is 20.3 Å². The lowest BCUT2D eigenvalue weighted by molar-refractivity contribution is -0.128. The molecule has 11 heavy (non-hydrogen) atoms. The van der Waals surface area contributed by atoms with Gasteiger partial charge in [0.05, 0.1) is 6.10 Å². The molecular weight excluding hydrogens is 146 g/mol. The van der Waals surface area contributed by atoms with Crippen LogP contribution in [0.5, 0.6) is 0 Å². The van der Waals surface area contributed by atoms with Gasteiger partial charge in [-0.05, 0) is 13.3 Å². The fraction of sp³-hybridized carbons (Fsp3) is 0.857. The highest BCUT2D eigenvalue weighted by Crippen LogP contribution is 1.87. The standard InChI is InChI=1S/C7H15NO3/c1-3-6(10)4-8-7(11)5(2)9/h5-6,9-10H,3-4H2,1-2H3,(H,8,11)/t5-,6-/m1/s1. The average Bonchev–Trinajstić information content (AvgIpc) is 1.99. The summed E-state index contributed by atoms with van der Waals surface area (Å²) >= 11 is 0. The van der Waals surface area contributed by atoms with Gasteiger partial charge in [0, 0.05) is 6.54 Å². The van der Waals surface area contributed by atoms with Crippen LogP contribution in [0.25, 0.3) is 0 Å². The summed E-state index contributed by atoms with van der Waals surface area (Å²) in [6.07, 6.45) is -0.920. The van der Waals surface area contributed by atoms with Gasteiger partial charge >= 0.3 is 0 Å². The summed E-state index contributed by atoms with van der Waals surface area (Å²) < 4.78 is 0. The smallest absolute Gasteiger partial charge is 0.248 e. The second kappa shape index (κ2) is 5.09. The minimum Gasteiger partial charge on any atom is -0.391 e. The fourth-order valence-corrected chi connectivity index (χ4v) is 0.510. The van der Waals surface area contributed by atoms with Crippen molar-refractivity contribution in [2.45, 2.75) is 32.5 Å². The van der Waals surface area contributed by atoms with Crippen molar-refractivity contribution < 1.29 is 15.0 Å². The Hall–Kier alpha value is -0.610. The molecule has 0 unspecified atom stereocenters. The average molecular weight is 161 g/mol. The molecule has 0 aliphatic rings. The Kier molecular flexibility index (Phi) is 4.81. The molecule has 0 aromatic heterocycles. The number of amides is 1. The molecule has 1 amide bonds. The number of nitrogens with one attached hydrogen (secondary N) is 1. The predicted octanol–water partition coefficient (Wildman–Crippen LogP) is -0.746. The van der Waals surface area contributed by atoms with E-state index in [2.05, 4.69) is 5.32 Å². The number of rotatable bonds is 4. The molecule has 0 fully saturated rings. The van der Waals surface area contributed by atoms with Crippen LogP contribution >= 0.6 is 0 Å². The lowest BCUT2D eigenvalue weighted by Gasteiger charge is -2.10. The minimum atomic E-state index is -1.00. The first-order chi connectivity index (χ1) is 5.07. The van der Waals surface area contributed by atoms with Crippen LogP contribution in [-0.2, 0) is 4.79 Å². The van der Waals surface area contributed by atoms with E-state index in [0.29, 0.717) is 6.42 Å². The van der Waals surface area contributed by atoms with Crippen molar-refractivity contribution in [2.24, 2.45) is 0 Å². The molecule has 2 atom stereocenters. The van der Waals surface area contributed by atoms with E-state index in [1.807, 2.05) is 6.92 Å². The van der Waals surface area contributed by atoms with Gasteiger partial charge in [0.25, 0.3) is 0 Å². The molecule has 0 aromatic carbocycles. The Labute approximate surface area is 66.2 Å². The number of carbonyl (C=O) groups excluding carboxylic acids is 1. The Morgan fingerprint density at radius 1 is 1.55 bits per heavy atom. The second-order valence-electron chi connectivity index (χ2n) is 2.48. The third kappa shape index (κ3) is 4.75. The molecule has 0 saturated carbocycles. The van der Waals surface area contributed by atoms with E-state index in [1.54, 1.807) is 0 Å². The summed E-state index contributed by atoms with van der Waals surface area (Å²) in [5.74, 6) is -0.447. The summed E-state index contributed by atoms with van der Waals surface area (Å²) in [4.78, 5) is 10.7. The third-order valence-corrected chi connectivity index (χ3v) is 1.36. The number of aliphatic hydroxyl groups excluding tert-OH is 2. The zero-order chi connectivity index (χ0) is 8.85. The molecule has 0 aliphatic carbocycles. The van der Waals surface area contributed by atoms with Crippen molar-refractivity contribution in [1.29, 1.82) is 0 Å². The van der Waals surface area contributed by atoms with E-state index in [0.717, 1.165) is 0 Å². The fourth-order valence-electron chi connectivity index (χ4n) is 0.510. The van der Waals surface area contributed by atoms with Crippen LogP contribution in [0.4, 0.5) is 0 Å². The molecular formula is C7H15NO3. The predicted molar refractivity (Wildman–Crippen MR) is 41.0 cm³/mol. The van der Waals surface area contributed by atoms with Gasteiger partial charge in [-0.1, -0.05) is 6.92 Å². The molecule has 0 spiro atoms. The van der Waals surface area contributed by atoms with Gasteiger partial charge in [0.2, 0.25) is 5.91 Å². The largest absolute Gasteiger partial charge is 0.391 e. The van der Waals surface area contributed by atoms with Gasteiger partial charge in [-0.3, -0.25) is 4.79 Å². The molecule has 0 heterocycles. The van der Waals surface area contributed by atoms with Crippen molar-refractivity contribution in [2.75, 3.05) is 6.54 Å². The van der Waals surface area contributed by atoms with Crippen LogP contribution in [0, 0.1) is 0 Å². The molecule has 66 valence electrons. The summed E-state index contributed by atoms with van der Waals surface area (Å²) in [6.45, 7) is 3.41. The van der Waals surface area contributed by atoms with Crippen LogP contribution in [-0.4, -0.2) is 34.9 Å². The zero-order valence-corrected chi connectivity index (χ0v) is 6.87. The Morgan fingerprint density at radius 2 is 2.09 bits per heavy atom. The molecule has 0 rings (SSSR count). The van der Waals surface area contributed by atoms with Crippen LogP contribution < -0.4 is 5.32 Å². The van der Waals surface area contributed by atoms with Crippen LogP contribution in [0.3, 0.4) is 0 Å². The number of aliphatic hydroxyl groups is 2. The highest BCUT2D eigenvalue weighted by Gasteiger charge is 2.09. The van der Waals surface area contributed by atoms with E-state index in [-0.39, 0.29) is 6.54 Å². The van der Waals surface area contributed by atoms with E-state index >= 15 is 0 Å². The molecule has 4 heteroatoms. The molecule has 4 nitrogen and oxygen atoms in total. The van der Waals surface area contributed by atoms with Gasteiger partial charge in [0.15, 0.2) is 0 Å². The highest BCUT2D eigenvalue weighted by atomic mass is 16.3. The monoisotopic (exact) mass is 161 g/mol. The van der Waals surface area contributed by atoms with E-state index < -0.39 is 18.1 Å². The molecule has 0 radical (unpaired) electrons. The maximum absolute atomic E-state index is 10.7. The number of carbonyl (C=O) groups is 1. The minimum absolute atomic E-state index is 0.209. The summed E-state index contributed by atoms with van der Waals surface area (Å²) in [5.41, 5.74) is 0. The van der Waals surface area contributed by atoms with E-state index in [1.165, 1.54) is 6.92 Å². The maximum Gasteiger partial charge on any atom is 0.248 e. The number of hydrogen-bond acceptors (Lipinski definition) is 3. The summed E-state index contributed by atoms with van der Waals surface area (Å²) in [7, 11) is 0. The van der Waals surface area contributed by atoms with E-state index in [9.17, 15) is 4.79 Å². The van der Waals surface area contributed by atoms with Crippen molar-refractivity contribution >= 4 is 5.91 Å². The first kappa shape index (κ1) is 10.4. The van der Waals surface area contributed by atoms with Crippen LogP contribution in [0.2, 0.25) is 0 Å². The van der Waals surface area contributed by atoms with Crippen LogP contribution in [0.15, 0.2) is 0 Å². The van der Waals surface area contributed by atoms with Crippen molar-refractivity contribution in [1.82, 2.24) is 5.32 Å². The molecule has 0 aromatic rings. The van der Waals surface area contributed by atoms with Gasteiger partial charge in [-0.25, -0.2) is 0 Å². The Bertz CT molecular complexity index is 125. The SMILES string of the molecule is CC[C@@H](O)CNC(=O)[C@@H](C)O. The lowest BCUT2D eigenvalue weighted by Crippen LogP contribution is -2.37. The van der Waals surface area contributed by atoms with E-state index in [4.69, 9.17) is 10.2 Å². The molecule has 0 bridgehead atoms. The third-order valence-electron chi connectivity index (χ3n) is 1.36. The normalized spacial score (nSPS) is 15.6. The zero-order valence-electron chi connectivity index (χ0n) is 6.87. The topological polar surface area (TPSA) is 69.6 Å². The van der Waals surface area contributed by atoms with Gasteiger partial charge in [-0.15, -0.1) is 0 Å². The van der Waals surface area contributed by atoms with Crippen molar-refractivity contribution in [3.05, 3.63) is 0 Å². The first-order valence-electron chi connectivity index (χ1n) is 3.71. The maximum atomic E-state index is 10.7. The summed E-state index contributed by atoms with van der Waals surface area (Å²) in [5, 5.41) is 20.1. The van der Waals surface area contributed by atoms with Crippen molar-refractivity contribution in [3.63, 3.8) is 0 Å². The molecule has 0 saturated heterocycles. The Balaban J connectivity index is 3.46. The van der Waals surface area contributed by atoms with Gasteiger partial charge < -0.3 is 15.5 Å². The van der Waals surface area contributed by atoms with Gasteiger partial charge in [0.1, 0.15) is 6.10 Å². The molecule has 3 N–H and O–H groups in total.